The second-order valence-electron chi connectivity index (χ2n) is 5.66. The molecule has 0 amide bonds. The summed E-state index contributed by atoms with van der Waals surface area (Å²) in [6.07, 6.45) is -0.134. The first-order valence-electron chi connectivity index (χ1n) is 6.72. The lowest BCUT2D eigenvalue weighted by molar-refractivity contribution is 0.117. The van der Waals surface area contributed by atoms with E-state index in [2.05, 4.69) is 0 Å². The van der Waals surface area contributed by atoms with E-state index in [1.54, 1.807) is 13.8 Å². The van der Waals surface area contributed by atoms with E-state index in [1.807, 2.05) is 19.0 Å². The Morgan fingerprint density at radius 1 is 0.913 bits per heavy atom. The summed E-state index contributed by atoms with van der Waals surface area (Å²) in [7, 11) is 2.01. The molecule has 0 aromatic carbocycles. The molecule has 9 heteroatoms. The maximum atomic E-state index is 10.9. The smallest absolute Gasteiger partial charge is 0.211 e. The van der Waals surface area contributed by atoms with Gasteiger partial charge < -0.3 is 26.6 Å². The van der Waals surface area contributed by atoms with Crippen LogP contribution in [0, 0.1) is 0 Å². The van der Waals surface area contributed by atoms with Crippen molar-refractivity contribution in [2.45, 2.75) is 53.0 Å². The lowest BCUT2D eigenvalue weighted by atomic mass is 10.2. The highest BCUT2D eigenvalue weighted by atomic mass is 32.2. The van der Waals surface area contributed by atoms with Gasteiger partial charge in [0.25, 0.3) is 0 Å². The van der Waals surface area contributed by atoms with Crippen LogP contribution in [0.4, 0.5) is 0 Å². The van der Waals surface area contributed by atoms with Gasteiger partial charge in [0.15, 0.2) is 0 Å². The molecule has 0 rings (SSSR count). The molecular formula is C14H40N4O4S. The lowest BCUT2D eigenvalue weighted by Crippen LogP contribution is -2.42. The zero-order valence-corrected chi connectivity index (χ0v) is 14.7. The monoisotopic (exact) mass is 360 g/mol. The zero-order chi connectivity index (χ0) is 17.4. The van der Waals surface area contributed by atoms with E-state index in [4.69, 9.17) is 16.6 Å². The summed E-state index contributed by atoms with van der Waals surface area (Å²) in [5.74, 6) is 0. The summed E-state index contributed by atoms with van der Waals surface area (Å²) in [6, 6.07) is -0.554. The van der Waals surface area contributed by atoms with Crippen LogP contribution in [-0.4, -0.2) is 92.6 Å². The summed E-state index contributed by atoms with van der Waals surface area (Å²) < 4.78 is 22.8. The quantitative estimate of drug-likeness (QED) is 0.463. The van der Waals surface area contributed by atoms with Crippen LogP contribution in [0.25, 0.3) is 0 Å². The van der Waals surface area contributed by atoms with Gasteiger partial charge in [-0.2, -0.15) is 0 Å². The van der Waals surface area contributed by atoms with Crippen molar-refractivity contribution in [2.75, 3.05) is 40.5 Å². The minimum Gasteiger partial charge on any atom is -0.390 e. The molecule has 0 saturated heterocycles. The number of likely N-dealkylation sites (N-methyl/N-ethyl adjacent to an activating group) is 2. The van der Waals surface area contributed by atoms with Crippen LogP contribution in [0.5, 0.6) is 0 Å². The molecule has 0 aliphatic rings. The van der Waals surface area contributed by atoms with Crippen molar-refractivity contribution in [3.05, 3.63) is 0 Å². The van der Waals surface area contributed by atoms with Gasteiger partial charge in [-0.3, -0.25) is 0 Å². The van der Waals surface area contributed by atoms with Gasteiger partial charge in [0.2, 0.25) is 10.0 Å². The predicted molar refractivity (Wildman–Crippen MR) is 98.8 cm³/mol. The third-order valence-corrected chi connectivity index (χ3v) is 4.06. The van der Waals surface area contributed by atoms with Gasteiger partial charge >= 0.3 is 0 Å². The molecule has 0 spiro atoms. The highest BCUT2D eigenvalue weighted by molar-refractivity contribution is 7.88. The van der Waals surface area contributed by atoms with E-state index >= 15 is 0 Å². The Morgan fingerprint density at radius 2 is 1.22 bits per heavy atom. The maximum absolute atomic E-state index is 10.9. The molecule has 146 valence electrons. The number of hydrogen-bond donors (Lipinski definition) is 4. The van der Waals surface area contributed by atoms with Gasteiger partial charge in [0, 0.05) is 32.2 Å². The van der Waals surface area contributed by atoms with Gasteiger partial charge in [-0.15, -0.1) is 0 Å². The van der Waals surface area contributed by atoms with Crippen LogP contribution < -0.4 is 11.5 Å². The van der Waals surface area contributed by atoms with Crippen LogP contribution >= 0.6 is 0 Å². The summed E-state index contributed by atoms with van der Waals surface area (Å²) in [5, 5.41) is 18.4. The molecule has 4 unspecified atom stereocenters. The number of nitrogens with two attached hydrogens (primary N) is 2. The Labute approximate surface area is 143 Å². The Kier molecular flexibility index (Phi) is 18.7. The molecule has 0 aliphatic carbocycles. The summed E-state index contributed by atoms with van der Waals surface area (Å²) in [4.78, 5) is 1.91. The van der Waals surface area contributed by atoms with Crippen LogP contribution in [0.2, 0.25) is 0 Å². The minimum atomic E-state index is -3.21. The fourth-order valence-electron chi connectivity index (χ4n) is 1.11. The number of aliphatic hydroxyl groups excluding tert-OH is 2. The molecule has 0 fully saturated rings. The molecular weight excluding hydrogens is 320 g/mol. The Balaban J connectivity index is -0.000000149. The standard InChI is InChI=1S/C6H16N2O3S.C6H16N2O.2CH4/c1-5(7)6(9)4-8(2)12(3,10)11;1-5(7)6(9)4-8(2)3;;/h5-6,9H,4,7H2,1-3H3;5-6,9H,4,7H2,1-3H3;2*1H4. The number of nitrogens with zero attached hydrogens (tertiary/aromatic N) is 2. The molecule has 0 bridgehead atoms. The Bertz CT molecular complexity index is 362. The van der Waals surface area contributed by atoms with E-state index in [1.165, 1.54) is 7.05 Å². The van der Waals surface area contributed by atoms with Crippen molar-refractivity contribution in [1.82, 2.24) is 9.21 Å². The van der Waals surface area contributed by atoms with Crippen LogP contribution in [0.3, 0.4) is 0 Å². The molecule has 8 nitrogen and oxygen atoms in total. The highest BCUT2D eigenvalue weighted by Gasteiger charge is 2.17. The zero-order valence-electron chi connectivity index (χ0n) is 13.9. The Morgan fingerprint density at radius 3 is 1.39 bits per heavy atom. The SMILES string of the molecule is C.C.CC(N)C(O)CN(C)C.CC(N)C(O)CN(C)S(C)(=O)=O. The van der Waals surface area contributed by atoms with Gasteiger partial charge in [-0.25, -0.2) is 12.7 Å². The molecule has 0 heterocycles. The fourth-order valence-corrected chi connectivity index (χ4v) is 1.53. The first-order valence-corrected chi connectivity index (χ1v) is 8.57. The largest absolute Gasteiger partial charge is 0.390 e. The molecule has 0 radical (unpaired) electrons. The second kappa shape index (κ2) is 14.1. The first kappa shape index (κ1) is 30.6. The van der Waals surface area contributed by atoms with E-state index in [0.29, 0.717) is 6.54 Å². The molecule has 6 N–H and O–H groups in total. The number of rotatable bonds is 7. The van der Waals surface area contributed by atoms with Gasteiger partial charge in [-0.05, 0) is 27.9 Å². The van der Waals surface area contributed by atoms with E-state index in [-0.39, 0.29) is 27.4 Å². The lowest BCUT2D eigenvalue weighted by Gasteiger charge is -2.20. The molecule has 4 atom stereocenters. The summed E-state index contributed by atoms with van der Waals surface area (Å²) in [6.45, 7) is 4.10. The molecule has 0 aromatic rings. The number of aliphatic hydroxyl groups is 2. The average molecular weight is 361 g/mol. The fraction of sp³-hybridized carbons (Fsp3) is 1.00. The minimum absolute atomic E-state index is 0. The van der Waals surface area contributed by atoms with Crippen molar-refractivity contribution >= 4 is 10.0 Å². The summed E-state index contributed by atoms with van der Waals surface area (Å²) in [5.41, 5.74) is 10.8. The van der Waals surface area contributed by atoms with Gasteiger partial charge in [0.1, 0.15) is 0 Å². The van der Waals surface area contributed by atoms with Crippen LogP contribution in [-0.2, 0) is 10.0 Å². The van der Waals surface area contributed by atoms with E-state index in [9.17, 15) is 13.5 Å². The first-order chi connectivity index (χ1) is 9.28. The van der Waals surface area contributed by atoms with Gasteiger partial charge in [0.05, 0.1) is 18.5 Å². The topological polar surface area (TPSA) is 133 Å². The Hall–Kier alpha value is -0.290. The summed E-state index contributed by atoms with van der Waals surface area (Å²) >= 11 is 0. The van der Waals surface area contributed by atoms with Crippen molar-refractivity contribution in [3.63, 3.8) is 0 Å². The molecule has 0 aliphatic heterocycles. The van der Waals surface area contributed by atoms with Crippen LogP contribution in [0.1, 0.15) is 28.7 Å². The van der Waals surface area contributed by atoms with E-state index < -0.39 is 28.3 Å². The van der Waals surface area contributed by atoms with Gasteiger partial charge in [-0.1, -0.05) is 14.9 Å². The van der Waals surface area contributed by atoms with Crippen molar-refractivity contribution in [3.8, 4) is 0 Å². The number of hydrogen-bond acceptors (Lipinski definition) is 7. The van der Waals surface area contributed by atoms with Crippen molar-refractivity contribution in [1.29, 1.82) is 0 Å². The van der Waals surface area contributed by atoms with Crippen molar-refractivity contribution < 1.29 is 18.6 Å². The third kappa shape index (κ3) is 17.9. The molecule has 0 saturated carbocycles. The predicted octanol–water partition coefficient (Wildman–Crippen LogP) is -0.886. The molecule has 0 aromatic heterocycles. The van der Waals surface area contributed by atoms with Crippen LogP contribution in [0.15, 0.2) is 0 Å². The molecule has 23 heavy (non-hydrogen) atoms. The number of sulfonamides is 1. The normalized spacial score (nSPS) is 16.3. The average Bonchev–Trinajstić information content (AvgIpc) is 2.27. The maximum Gasteiger partial charge on any atom is 0.211 e. The highest BCUT2D eigenvalue weighted by Crippen LogP contribution is 1.97. The van der Waals surface area contributed by atoms with Crippen molar-refractivity contribution in [2.24, 2.45) is 11.5 Å². The van der Waals surface area contributed by atoms with E-state index in [0.717, 1.165) is 10.6 Å². The third-order valence-electron chi connectivity index (χ3n) is 2.78. The second-order valence-corrected chi connectivity index (χ2v) is 7.75.